The average Bonchev–Trinajstić information content (AvgIpc) is 2.75. The molecule has 2 aromatic carbocycles. The Kier molecular flexibility index (Phi) is 6.44. The van der Waals surface area contributed by atoms with Gasteiger partial charge in [0.25, 0.3) is 0 Å². The molecule has 2 heterocycles. The maximum atomic E-state index is 12.2. The minimum absolute atomic E-state index is 0.120. The van der Waals surface area contributed by atoms with Gasteiger partial charge in [-0.1, -0.05) is 24.3 Å². The molecule has 172 valence electrons. The van der Waals surface area contributed by atoms with Gasteiger partial charge in [0.05, 0.1) is 12.4 Å². The van der Waals surface area contributed by atoms with Crippen LogP contribution >= 0.6 is 0 Å². The highest BCUT2D eigenvalue weighted by atomic mass is 32.2. The van der Waals surface area contributed by atoms with Crippen LogP contribution in [0.25, 0.3) is 0 Å². The van der Waals surface area contributed by atoms with Gasteiger partial charge >= 0.3 is 6.09 Å². The van der Waals surface area contributed by atoms with Gasteiger partial charge in [-0.25, -0.2) is 13.2 Å². The van der Waals surface area contributed by atoms with Crippen LogP contribution in [0.15, 0.2) is 36.4 Å². The molecular weight excluding hydrogens is 428 g/mol. The van der Waals surface area contributed by atoms with Crippen molar-refractivity contribution in [2.75, 3.05) is 19.3 Å². The SMILES string of the molecule is CC(C)OC(=O)N1CCc2cc(COc3ccc4c(c3)CCN(S(C)(=O)=O)C4)ccc2C1. The van der Waals surface area contributed by atoms with E-state index in [0.717, 1.165) is 34.4 Å². The van der Waals surface area contributed by atoms with Crippen molar-refractivity contribution in [2.45, 2.75) is 52.5 Å². The maximum Gasteiger partial charge on any atom is 0.410 e. The van der Waals surface area contributed by atoms with Crippen LogP contribution in [0, 0.1) is 0 Å². The summed E-state index contributed by atoms with van der Waals surface area (Å²) in [5, 5.41) is 0. The number of benzene rings is 2. The van der Waals surface area contributed by atoms with Crippen molar-refractivity contribution < 1.29 is 22.7 Å². The highest BCUT2D eigenvalue weighted by molar-refractivity contribution is 7.88. The third kappa shape index (κ3) is 5.24. The molecule has 0 atom stereocenters. The zero-order chi connectivity index (χ0) is 22.9. The first kappa shape index (κ1) is 22.6. The molecule has 0 N–H and O–H groups in total. The van der Waals surface area contributed by atoms with Gasteiger partial charge < -0.3 is 14.4 Å². The van der Waals surface area contributed by atoms with Crippen molar-refractivity contribution in [1.82, 2.24) is 9.21 Å². The molecule has 0 saturated carbocycles. The zero-order valence-electron chi connectivity index (χ0n) is 18.8. The van der Waals surface area contributed by atoms with Crippen LogP contribution in [0.3, 0.4) is 0 Å². The molecule has 0 radical (unpaired) electrons. The van der Waals surface area contributed by atoms with E-state index in [2.05, 4.69) is 12.1 Å². The summed E-state index contributed by atoms with van der Waals surface area (Å²) in [5.74, 6) is 0.789. The lowest BCUT2D eigenvalue weighted by atomic mass is 9.97. The molecule has 0 unspecified atom stereocenters. The van der Waals surface area contributed by atoms with E-state index in [1.807, 2.05) is 38.1 Å². The van der Waals surface area contributed by atoms with Gasteiger partial charge in [0.1, 0.15) is 12.4 Å². The Balaban J connectivity index is 1.37. The summed E-state index contributed by atoms with van der Waals surface area (Å²) >= 11 is 0. The first-order valence-corrected chi connectivity index (χ1v) is 12.8. The predicted octanol–water partition coefficient (Wildman–Crippen LogP) is 3.49. The molecule has 0 bridgehead atoms. The van der Waals surface area contributed by atoms with Crippen LogP contribution in [0.4, 0.5) is 4.79 Å². The molecule has 0 fully saturated rings. The second kappa shape index (κ2) is 9.11. The Morgan fingerprint density at radius 1 is 0.969 bits per heavy atom. The fraction of sp³-hybridized carbons (Fsp3) is 0.458. The van der Waals surface area contributed by atoms with Crippen LogP contribution in [0.2, 0.25) is 0 Å². The number of carbonyl (C=O) groups is 1. The Hall–Kier alpha value is -2.58. The molecule has 2 aromatic rings. The Bertz CT molecular complexity index is 1110. The number of hydrogen-bond donors (Lipinski definition) is 0. The molecule has 4 rings (SSSR count). The van der Waals surface area contributed by atoms with E-state index in [4.69, 9.17) is 9.47 Å². The highest BCUT2D eigenvalue weighted by Gasteiger charge is 2.24. The van der Waals surface area contributed by atoms with Gasteiger partial charge in [-0.05, 0) is 66.6 Å². The molecule has 2 aliphatic rings. The lowest BCUT2D eigenvalue weighted by Gasteiger charge is -2.29. The van der Waals surface area contributed by atoms with Gasteiger partial charge in [0, 0.05) is 26.2 Å². The maximum absolute atomic E-state index is 12.2. The third-order valence-corrected chi connectivity index (χ3v) is 7.16. The van der Waals surface area contributed by atoms with Crippen molar-refractivity contribution in [3.05, 3.63) is 64.2 Å². The second-order valence-electron chi connectivity index (χ2n) is 8.77. The Labute approximate surface area is 190 Å². The molecule has 32 heavy (non-hydrogen) atoms. The van der Waals surface area contributed by atoms with Crippen molar-refractivity contribution in [2.24, 2.45) is 0 Å². The molecule has 7 nitrogen and oxygen atoms in total. The summed E-state index contributed by atoms with van der Waals surface area (Å²) in [4.78, 5) is 13.9. The minimum atomic E-state index is -3.17. The van der Waals surface area contributed by atoms with E-state index in [0.29, 0.717) is 39.2 Å². The summed E-state index contributed by atoms with van der Waals surface area (Å²) in [6.45, 7) is 6.31. The van der Waals surface area contributed by atoms with Gasteiger partial charge in [-0.2, -0.15) is 4.31 Å². The first-order chi connectivity index (χ1) is 15.2. The number of carbonyl (C=O) groups excluding carboxylic acids is 1. The second-order valence-corrected chi connectivity index (χ2v) is 10.8. The summed E-state index contributed by atoms with van der Waals surface area (Å²) in [7, 11) is -3.17. The number of sulfonamides is 1. The first-order valence-electron chi connectivity index (χ1n) is 10.9. The Morgan fingerprint density at radius 3 is 2.41 bits per heavy atom. The molecule has 0 saturated heterocycles. The van der Waals surface area contributed by atoms with Gasteiger partial charge in [-0.3, -0.25) is 0 Å². The van der Waals surface area contributed by atoms with Crippen LogP contribution in [0.1, 0.15) is 41.7 Å². The van der Waals surface area contributed by atoms with E-state index in [1.165, 1.54) is 16.1 Å². The smallest absolute Gasteiger partial charge is 0.410 e. The van der Waals surface area contributed by atoms with E-state index in [1.54, 1.807) is 4.90 Å². The van der Waals surface area contributed by atoms with E-state index in [9.17, 15) is 13.2 Å². The molecule has 0 aliphatic carbocycles. The number of ether oxygens (including phenoxy) is 2. The molecule has 8 heteroatoms. The van der Waals surface area contributed by atoms with Gasteiger partial charge in [0.15, 0.2) is 0 Å². The molecule has 1 amide bonds. The molecule has 0 spiro atoms. The summed E-state index contributed by atoms with van der Waals surface area (Å²) in [6, 6.07) is 12.1. The number of amides is 1. The van der Waals surface area contributed by atoms with Crippen molar-refractivity contribution in [3.63, 3.8) is 0 Å². The van der Waals surface area contributed by atoms with Crippen LogP contribution in [-0.4, -0.2) is 49.2 Å². The minimum Gasteiger partial charge on any atom is -0.489 e. The predicted molar refractivity (Wildman–Crippen MR) is 122 cm³/mol. The number of hydrogen-bond acceptors (Lipinski definition) is 5. The lowest BCUT2D eigenvalue weighted by molar-refractivity contribution is 0.0730. The standard InChI is InChI=1S/C24H30N2O5S/c1-17(2)31-24(27)25-10-8-19-12-18(4-5-21(19)14-25)16-30-23-7-6-22-15-26(32(3,28)29)11-9-20(22)13-23/h4-7,12-13,17H,8-11,14-16H2,1-3H3. The zero-order valence-corrected chi connectivity index (χ0v) is 19.7. The van der Waals surface area contributed by atoms with Crippen LogP contribution in [-0.2, 0) is 47.3 Å². The molecule has 2 aliphatic heterocycles. The number of fused-ring (bicyclic) bond motifs is 2. The number of nitrogens with zero attached hydrogens (tertiary/aromatic N) is 2. The van der Waals surface area contributed by atoms with E-state index in [-0.39, 0.29) is 12.2 Å². The summed E-state index contributed by atoms with van der Waals surface area (Å²) in [6.07, 6.45) is 2.36. The molecule has 0 aromatic heterocycles. The number of rotatable bonds is 5. The third-order valence-electron chi connectivity index (χ3n) is 5.91. The molecular formula is C24H30N2O5S. The average molecular weight is 459 g/mol. The highest BCUT2D eigenvalue weighted by Crippen LogP contribution is 2.26. The van der Waals surface area contributed by atoms with Crippen molar-refractivity contribution in [3.8, 4) is 5.75 Å². The Morgan fingerprint density at radius 2 is 1.66 bits per heavy atom. The van der Waals surface area contributed by atoms with Crippen molar-refractivity contribution >= 4 is 16.1 Å². The quantitative estimate of drug-likeness (QED) is 0.686. The summed E-state index contributed by atoms with van der Waals surface area (Å²) < 4.78 is 36.4. The lowest BCUT2D eigenvalue weighted by Crippen LogP contribution is -2.37. The van der Waals surface area contributed by atoms with E-state index < -0.39 is 10.0 Å². The largest absolute Gasteiger partial charge is 0.489 e. The van der Waals surface area contributed by atoms with Gasteiger partial charge in [0.2, 0.25) is 10.0 Å². The van der Waals surface area contributed by atoms with E-state index >= 15 is 0 Å². The normalized spacial score (nSPS) is 16.4. The fourth-order valence-electron chi connectivity index (χ4n) is 4.17. The van der Waals surface area contributed by atoms with Crippen molar-refractivity contribution in [1.29, 1.82) is 0 Å². The summed E-state index contributed by atoms with van der Waals surface area (Å²) in [5.41, 5.74) is 5.64. The monoisotopic (exact) mass is 458 g/mol. The fourth-order valence-corrected chi connectivity index (χ4v) is 4.97. The topological polar surface area (TPSA) is 76.2 Å². The van der Waals surface area contributed by atoms with Crippen LogP contribution in [0.5, 0.6) is 5.75 Å². The van der Waals surface area contributed by atoms with Gasteiger partial charge in [-0.15, -0.1) is 0 Å². The van der Waals surface area contributed by atoms with Crippen LogP contribution < -0.4 is 4.74 Å².